The summed E-state index contributed by atoms with van der Waals surface area (Å²) in [4.78, 5) is 24.4. The lowest BCUT2D eigenvalue weighted by atomic mass is 10.1. The van der Waals surface area contributed by atoms with E-state index >= 15 is 0 Å². The van der Waals surface area contributed by atoms with Gasteiger partial charge in [-0.25, -0.2) is 4.79 Å². The number of rotatable bonds is 6. The number of amides is 1. The molecule has 0 aliphatic rings. The molecule has 0 atom stereocenters. The minimum atomic E-state index is -0.639. The monoisotopic (exact) mass is 365 g/mol. The molecule has 1 amide bonds. The van der Waals surface area contributed by atoms with Crippen LogP contribution in [0.1, 0.15) is 10.4 Å². The third kappa shape index (κ3) is 4.36. The number of hydrogen-bond acceptors (Lipinski definition) is 5. The van der Waals surface area contributed by atoms with E-state index in [4.69, 9.17) is 14.2 Å². The minimum Gasteiger partial charge on any atom is -0.497 e. The average Bonchev–Trinajstić information content (AvgIpc) is 2.71. The van der Waals surface area contributed by atoms with Crippen molar-refractivity contribution in [2.75, 3.05) is 26.1 Å². The molecule has 1 N–H and O–H groups in total. The van der Waals surface area contributed by atoms with Gasteiger partial charge in [0.25, 0.3) is 5.91 Å². The zero-order valence-corrected chi connectivity index (χ0v) is 15.0. The Bertz CT molecular complexity index is 956. The predicted molar refractivity (Wildman–Crippen MR) is 102 cm³/mol. The number of benzene rings is 3. The summed E-state index contributed by atoms with van der Waals surface area (Å²) in [7, 11) is 2.98. The lowest BCUT2D eigenvalue weighted by Gasteiger charge is -2.10. The number of anilines is 1. The largest absolute Gasteiger partial charge is 0.497 e. The fourth-order valence-corrected chi connectivity index (χ4v) is 2.66. The van der Waals surface area contributed by atoms with Crippen molar-refractivity contribution in [1.82, 2.24) is 0 Å². The molecule has 0 unspecified atom stereocenters. The van der Waals surface area contributed by atoms with Crippen LogP contribution in [-0.4, -0.2) is 32.7 Å². The number of hydrogen-bond donors (Lipinski definition) is 1. The molecule has 0 aliphatic heterocycles. The van der Waals surface area contributed by atoms with Crippen LogP contribution in [0.25, 0.3) is 10.8 Å². The van der Waals surface area contributed by atoms with Gasteiger partial charge in [-0.1, -0.05) is 36.4 Å². The Morgan fingerprint density at radius 1 is 0.889 bits per heavy atom. The van der Waals surface area contributed by atoms with Crippen molar-refractivity contribution in [2.24, 2.45) is 0 Å². The van der Waals surface area contributed by atoms with Crippen molar-refractivity contribution in [2.45, 2.75) is 0 Å². The van der Waals surface area contributed by atoms with E-state index in [1.54, 1.807) is 12.1 Å². The van der Waals surface area contributed by atoms with E-state index < -0.39 is 18.5 Å². The quantitative estimate of drug-likeness (QED) is 0.675. The smallest absolute Gasteiger partial charge is 0.338 e. The van der Waals surface area contributed by atoms with E-state index in [9.17, 15) is 9.59 Å². The fourth-order valence-electron chi connectivity index (χ4n) is 2.66. The minimum absolute atomic E-state index is 0.240. The van der Waals surface area contributed by atoms with E-state index in [-0.39, 0.29) is 5.56 Å². The second-order valence-corrected chi connectivity index (χ2v) is 5.75. The molecule has 6 nitrogen and oxygen atoms in total. The first-order valence-electron chi connectivity index (χ1n) is 8.28. The molecule has 0 saturated heterocycles. The van der Waals surface area contributed by atoms with Gasteiger partial charge in [0.2, 0.25) is 0 Å². The number of nitrogens with one attached hydrogen (secondary N) is 1. The summed E-state index contributed by atoms with van der Waals surface area (Å²) in [5.41, 5.74) is 0.904. The van der Waals surface area contributed by atoms with Crippen LogP contribution in [0.15, 0.2) is 60.7 Å². The van der Waals surface area contributed by atoms with Crippen LogP contribution in [0.3, 0.4) is 0 Å². The lowest BCUT2D eigenvalue weighted by Crippen LogP contribution is -2.21. The molecule has 3 aromatic rings. The van der Waals surface area contributed by atoms with Crippen molar-refractivity contribution in [3.05, 3.63) is 66.2 Å². The first kappa shape index (κ1) is 18.3. The Hall–Kier alpha value is -3.54. The van der Waals surface area contributed by atoms with Crippen LogP contribution in [-0.2, 0) is 9.53 Å². The topological polar surface area (TPSA) is 73.9 Å². The Kier molecular flexibility index (Phi) is 5.56. The van der Waals surface area contributed by atoms with Crippen LogP contribution in [0.4, 0.5) is 5.69 Å². The van der Waals surface area contributed by atoms with Gasteiger partial charge in [0, 0.05) is 17.1 Å². The molecule has 6 heteroatoms. The van der Waals surface area contributed by atoms with Gasteiger partial charge in [-0.3, -0.25) is 4.79 Å². The molecule has 0 heterocycles. The summed E-state index contributed by atoms with van der Waals surface area (Å²) < 4.78 is 15.4. The molecule has 0 aliphatic carbocycles. The predicted octanol–water partition coefficient (Wildman–Crippen LogP) is 3.65. The molecular formula is C21H19NO5. The summed E-state index contributed by atoms with van der Waals surface area (Å²) in [5.74, 6) is -0.141. The second kappa shape index (κ2) is 8.23. The number of fused-ring (bicyclic) bond motifs is 1. The highest BCUT2D eigenvalue weighted by Gasteiger charge is 2.14. The first-order valence-corrected chi connectivity index (χ1v) is 8.28. The molecule has 0 bridgehead atoms. The summed E-state index contributed by atoms with van der Waals surface area (Å²) in [6, 6.07) is 18.0. The van der Waals surface area contributed by atoms with Gasteiger partial charge in [-0.15, -0.1) is 0 Å². The molecule has 0 aromatic heterocycles. The van der Waals surface area contributed by atoms with Crippen LogP contribution < -0.4 is 14.8 Å². The van der Waals surface area contributed by atoms with Crippen LogP contribution >= 0.6 is 0 Å². The maximum absolute atomic E-state index is 12.2. The SMILES string of the molecule is COc1cc(OC)cc(C(=O)OCC(=O)Nc2cccc3ccccc23)c1. The normalized spacial score (nSPS) is 10.3. The molecule has 27 heavy (non-hydrogen) atoms. The highest BCUT2D eigenvalue weighted by molar-refractivity contribution is 6.03. The third-order valence-electron chi connectivity index (χ3n) is 3.99. The van der Waals surface area contributed by atoms with E-state index in [1.807, 2.05) is 36.4 Å². The molecule has 138 valence electrons. The number of methoxy groups -OCH3 is 2. The third-order valence-corrected chi connectivity index (χ3v) is 3.99. The lowest BCUT2D eigenvalue weighted by molar-refractivity contribution is -0.119. The van der Waals surface area contributed by atoms with Gasteiger partial charge in [0.15, 0.2) is 6.61 Å². The second-order valence-electron chi connectivity index (χ2n) is 5.75. The van der Waals surface area contributed by atoms with E-state index in [0.29, 0.717) is 17.2 Å². The highest BCUT2D eigenvalue weighted by Crippen LogP contribution is 2.24. The maximum Gasteiger partial charge on any atom is 0.338 e. The van der Waals surface area contributed by atoms with E-state index in [1.165, 1.54) is 26.4 Å². The van der Waals surface area contributed by atoms with Gasteiger partial charge in [-0.2, -0.15) is 0 Å². The summed E-state index contributed by atoms with van der Waals surface area (Å²) >= 11 is 0. The Balaban J connectivity index is 1.66. The van der Waals surface area contributed by atoms with Crippen LogP contribution in [0.2, 0.25) is 0 Å². The summed E-state index contributed by atoms with van der Waals surface area (Å²) in [6.45, 7) is -0.401. The first-order chi connectivity index (χ1) is 13.1. The molecule has 0 radical (unpaired) electrons. The Morgan fingerprint density at radius 2 is 1.56 bits per heavy atom. The molecule has 3 aromatic carbocycles. The zero-order chi connectivity index (χ0) is 19.2. The van der Waals surface area contributed by atoms with Crippen LogP contribution in [0.5, 0.6) is 11.5 Å². The number of ether oxygens (including phenoxy) is 3. The summed E-state index contributed by atoms with van der Waals surface area (Å²) in [6.07, 6.45) is 0. The standard InChI is InChI=1S/C21H19NO5/c1-25-16-10-15(11-17(12-16)26-2)21(24)27-13-20(23)22-19-9-5-7-14-6-3-4-8-18(14)19/h3-12H,13H2,1-2H3,(H,22,23). The van der Waals surface area contributed by atoms with Gasteiger partial charge in [0.1, 0.15) is 11.5 Å². The van der Waals surface area contributed by atoms with Crippen molar-refractivity contribution in [1.29, 1.82) is 0 Å². The summed E-state index contributed by atoms with van der Waals surface area (Å²) in [5, 5.41) is 4.70. The van der Waals surface area contributed by atoms with Gasteiger partial charge in [0.05, 0.1) is 19.8 Å². The maximum atomic E-state index is 12.2. The van der Waals surface area contributed by atoms with E-state index in [2.05, 4.69) is 5.32 Å². The van der Waals surface area contributed by atoms with Crippen molar-refractivity contribution in [3.63, 3.8) is 0 Å². The average molecular weight is 365 g/mol. The molecular weight excluding hydrogens is 346 g/mol. The number of carbonyl (C=O) groups is 2. The van der Waals surface area contributed by atoms with E-state index in [0.717, 1.165) is 10.8 Å². The van der Waals surface area contributed by atoms with Crippen molar-refractivity contribution < 1.29 is 23.8 Å². The highest BCUT2D eigenvalue weighted by atomic mass is 16.5. The molecule has 0 saturated carbocycles. The van der Waals surface area contributed by atoms with Gasteiger partial charge >= 0.3 is 5.97 Å². The Morgan fingerprint density at radius 3 is 2.26 bits per heavy atom. The van der Waals surface area contributed by atoms with Gasteiger partial charge in [-0.05, 0) is 23.6 Å². The molecule has 3 rings (SSSR count). The molecule has 0 fully saturated rings. The van der Waals surface area contributed by atoms with Crippen molar-refractivity contribution in [3.8, 4) is 11.5 Å². The number of carbonyl (C=O) groups excluding carboxylic acids is 2. The van der Waals surface area contributed by atoms with Gasteiger partial charge < -0.3 is 19.5 Å². The fraction of sp³-hybridized carbons (Fsp3) is 0.143. The van der Waals surface area contributed by atoms with Crippen LogP contribution in [0, 0.1) is 0 Å². The number of esters is 1. The molecule has 0 spiro atoms. The van der Waals surface area contributed by atoms with Crippen molar-refractivity contribution >= 4 is 28.3 Å². The zero-order valence-electron chi connectivity index (χ0n) is 15.0. The Labute approximate surface area is 156 Å².